The van der Waals surface area contributed by atoms with Gasteiger partial charge in [-0.05, 0) is 25.0 Å². The average molecular weight is 405 g/mol. The van der Waals surface area contributed by atoms with Crippen molar-refractivity contribution in [2.75, 3.05) is 44.4 Å². The van der Waals surface area contributed by atoms with E-state index in [0.29, 0.717) is 17.9 Å². The first-order valence-corrected chi connectivity index (χ1v) is 11.2. The molecule has 1 aliphatic heterocycles. The monoisotopic (exact) mass is 404 g/mol. The molecule has 1 amide bonds. The van der Waals surface area contributed by atoms with Crippen LogP contribution in [0, 0.1) is 0 Å². The summed E-state index contributed by atoms with van der Waals surface area (Å²) in [5.74, 6) is 2.81. The average Bonchev–Trinajstić information content (AvgIpc) is 2.68. The van der Waals surface area contributed by atoms with Crippen molar-refractivity contribution in [1.29, 1.82) is 0 Å². The zero-order valence-electron chi connectivity index (χ0n) is 17.0. The first-order chi connectivity index (χ1) is 13.6. The summed E-state index contributed by atoms with van der Waals surface area (Å²) in [4.78, 5) is 18.1. The molecule has 1 aromatic carbocycles. The van der Waals surface area contributed by atoms with Gasteiger partial charge < -0.3 is 20.3 Å². The fraction of sp³-hybridized carbons (Fsp3) is 0.619. The second kappa shape index (κ2) is 10.0. The summed E-state index contributed by atoms with van der Waals surface area (Å²) >= 11 is 2.17. The number of nitrogens with one attached hydrogen (secondary N) is 2. The van der Waals surface area contributed by atoms with Gasteiger partial charge in [-0.25, -0.2) is 0 Å². The fourth-order valence-corrected chi connectivity index (χ4v) is 5.62. The molecule has 6 nitrogen and oxygen atoms in total. The number of amides is 1. The molecule has 2 aliphatic rings. The third kappa shape index (κ3) is 5.80. The van der Waals surface area contributed by atoms with Gasteiger partial charge in [-0.15, -0.1) is 0 Å². The molecule has 7 heteroatoms. The van der Waals surface area contributed by atoms with E-state index in [0.717, 1.165) is 30.5 Å². The van der Waals surface area contributed by atoms with Gasteiger partial charge >= 0.3 is 0 Å². The van der Waals surface area contributed by atoms with Crippen molar-refractivity contribution in [2.45, 2.75) is 43.8 Å². The molecule has 2 N–H and O–H groups in total. The van der Waals surface area contributed by atoms with Crippen LogP contribution in [0.2, 0.25) is 0 Å². The Balaban J connectivity index is 1.46. The zero-order valence-corrected chi connectivity index (χ0v) is 17.8. The SMILES string of the molecule is CN=C(NCCOc1cccc(NC(C)=O)c1)N1CCSC2(CCCCC2)C1. The van der Waals surface area contributed by atoms with E-state index in [9.17, 15) is 4.79 Å². The lowest BCUT2D eigenvalue weighted by Gasteiger charge is -2.45. The molecule has 1 heterocycles. The number of anilines is 1. The molecule has 0 atom stereocenters. The number of hydrogen-bond donors (Lipinski definition) is 2. The minimum absolute atomic E-state index is 0.0851. The van der Waals surface area contributed by atoms with Gasteiger partial charge in [-0.2, -0.15) is 11.8 Å². The third-order valence-electron chi connectivity index (χ3n) is 5.33. The molecule has 0 bridgehead atoms. The number of benzene rings is 1. The second-order valence-corrected chi connectivity index (χ2v) is 9.11. The molecule has 2 fully saturated rings. The number of carbonyl (C=O) groups excluding carboxylic acids is 1. The van der Waals surface area contributed by atoms with Crippen molar-refractivity contribution in [3.63, 3.8) is 0 Å². The summed E-state index contributed by atoms with van der Waals surface area (Å²) in [7, 11) is 1.86. The van der Waals surface area contributed by atoms with E-state index in [1.807, 2.05) is 31.3 Å². The Bertz CT molecular complexity index is 683. The number of carbonyl (C=O) groups is 1. The Hall–Kier alpha value is -1.89. The molecule has 1 aliphatic carbocycles. The van der Waals surface area contributed by atoms with Crippen LogP contribution in [0.3, 0.4) is 0 Å². The van der Waals surface area contributed by atoms with E-state index in [1.165, 1.54) is 44.8 Å². The molecule has 1 saturated heterocycles. The van der Waals surface area contributed by atoms with Gasteiger partial charge in [0.05, 0.1) is 6.54 Å². The van der Waals surface area contributed by atoms with Crippen LogP contribution in [0.25, 0.3) is 0 Å². The highest BCUT2D eigenvalue weighted by Gasteiger charge is 2.38. The molecule has 0 radical (unpaired) electrons. The van der Waals surface area contributed by atoms with Crippen LogP contribution in [-0.4, -0.2) is 60.6 Å². The molecule has 28 heavy (non-hydrogen) atoms. The summed E-state index contributed by atoms with van der Waals surface area (Å²) in [6.45, 7) is 4.87. The van der Waals surface area contributed by atoms with Gasteiger partial charge in [-0.1, -0.05) is 25.3 Å². The number of nitrogens with zero attached hydrogens (tertiary/aromatic N) is 2. The lowest BCUT2D eigenvalue weighted by Crippen LogP contribution is -2.53. The Morgan fingerprint density at radius 1 is 1.32 bits per heavy atom. The Morgan fingerprint density at radius 2 is 2.14 bits per heavy atom. The van der Waals surface area contributed by atoms with Crippen LogP contribution in [0.5, 0.6) is 5.75 Å². The third-order valence-corrected chi connectivity index (χ3v) is 6.87. The number of rotatable bonds is 5. The van der Waals surface area contributed by atoms with E-state index in [1.54, 1.807) is 0 Å². The highest BCUT2D eigenvalue weighted by molar-refractivity contribution is 8.00. The Labute approximate surface area is 172 Å². The molecule has 3 rings (SSSR count). The zero-order chi connectivity index (χ0) is 19.8. The number of thioether (sulfide) groups is 1. The number of aliphatic imine (C=N–C) groups is 1. The minimum Gasteiger partial charge on any atom is -0.492 e. The number of guanidine groups is 1. The fourth-order valence-electron chi connectivity index (χ4n) is 4.06. The van der Waals surface area contributed by atoms with E-state index in [2.05, 4.69) is 32.3 Å². The summed E-state index contributed by atoms with van der Waals surface area (Å²) < 4.78 is 6.25. The normalized spacial score (nSPS) is 19.4. The lowest BCUT2D eigenvalue weighted by molar-refractivity contribution is -0.114. The van der Waals surface area contributed by atoms with Gasteiger partial charge in [-0.3, -0.25) is 9.79 Å². The van der Waals surface area contributed by atoms with Crippen molar-refractivity contribution in [1.82, 2.24) is 10.2 Å². The van der Waals surface area contributed by atoms with Crippen molar-refractivity contribution in [3.8, 4) is 5.75 Å². The van der Waals surface area contributed by atoms with Crippen molar-refractivity contribution >= 4 is 29.3 Å². The molecular formula is C21H32N4O2S. The summed E-state index contributed by atoms with van der Waals surface area (Å²) in [5, 5.41) is 6.22. The standard InChI is InChI=1S/C21H32N4O2S/c1-17(26)24-18-7-6-8-19(15-18)27-13-11-23-20(22-2)25-12-14-28-21(16-25)9-4-3-5-10-21/h6-8,15H,3-5,9-14,16H2,1-2H3,(H,22,23)(H,24,26). The molecule has 0 unspecified atom stereocenters. The number of hydrogen-bond acceptors (Lipinski definition) is 4. The van der Waals surface area contributed by atoms with Crippen molar-refractivity contribution in [2.24, 2.45) is 4.99 Å². The smallest absolute Gasteiger partial charge is 0.221 e. The number of ether oxygens (including phenoxy) is 1. The van der Waals surface area contributed by atoms with Gasteiger partial charge in [0.1, 0.15) is 12.4 Å². The summed E-state index contributed by atoms with van der Waals surface area (Å²) in [6, 6.07) is 7.46. The maximum atomic E-state index is 11.2. The summed E-state index contributed by atoms with van der Waals surface area (Å²) in [5.41, 5.74) is 0.748. The molecule has 1 saturated carbocycles. The Kier molecular flexibility index (Phi) is 7.48. The van der Waals surface area contributed by atoms with E-state index in [-0.39, 0.29) is 5.91 Å². The highest BCUT2D eigenvalue weighted by atomic mass is 32.2. The lowest BCUT2D eigenvalue weighted by atomic mass is 9.87. The first kappa shape index (κ1) is 20.8. The largest absolute Gasteiger partial charge is 0.492 e. The van der Waals surface area contributed by atoms with Crippen LogP contribution in [-0.2, 0) is 4.79 Å². The predicted molar refractivity (Wildman–Crippen MR) is 117 cm³/mol. The molecule has 154 valence electrons. The van der Waals surface area contributed by atoms with Crippen LogP contribution >= 0.6 is 11.8 Å². The van der Waals surface area contributed by atoms with Crippen LogP contribution in [0.4, 0.5) is 5.69 Å². The molecule has 0 aromatic heterocycles. The highest BCUT2D eigenvalue weighted by Crippen LogP contribution is 2.42. The second-order valence-electron chi connectivity index (χ2n) is 7.55. The maximum absolute atomic E-state index is 11.2. The van der Waals surface area contributed by atoms with E-state index in [4.69, 9.17) is 4.74 Å². The van der Waals surface area contributed by atoms with Gasteiger partial charge in [0, 0.05) is 49.3 Å². The van der Waals surface area contributed by atoms with Crippen LogP contribution in [0.1, 0.15) is 39.0 Å². The maximum Gasteiger partial charge on any atom is 0.221 e. The molecule has 1 aromatic rings. The minimum atomic E-state index is -0.0851. The van der Waals surface area contributed by atoms with Crippen molar-refractivity contribution < 1.29 is 9.53 Å². The van der Waals surface area contributed by atoms with Crippen LogP contribution in [0.15, 0.2) is 29.3 Å². The van der Waals surface area contributed by atoms with Crippen molar-refractivity contribution in [3.05, 3.63) is 24.3 Å². The van der Waals surface area contributed by atoms with E-state index < -0.39 is 0 Å². The van der Waals surface area contributed by atoms with Crippen LogP contribution < -0.4 is 15.4 Å². The van der Waals surface area contributed by atoms with E-state index >= 15 is 0 Å². The van der Waals surface area contributed by atoms with Gasteiger partial charge in [0.2, 0.25) is 5.91 Å². The predicted octanol–water partition coefficient (Wildman–Crippen LogP) is 3.35. The van der Waals surface area contributed by atoms with Gasteiger partial charge in [0.15, 0.2) is 5.96 Å². The van der Waals surface area contributed by atoms with Gasteiger partial charge in [0.25, 0.3) is 0 Å². The summed E-state index contributed by atoms with van der Waals surface area (Å²) in [6.07, 6.45) is 6.77. The first-order valence-electron chi connectivity index (χ1n) is 10.2. The molecular weight excluding hydrogens is 372 g/mol. The molecule has 1 spiro atoms. The quantitative estimate of drug-likeness (QED) is 0.448. The topological polar surface area (TPSA) is 66.0 Å². The Morgan fingerprint density at radius 3 is 2.89 bits per heavy atom.